The molecule has 0 aliphatic carbocycles. The average Bonchev–Trinajstić information content (AvgIpc) is 2.69. The van der Waals surface area contributed by atoms with Crippen LogP contribution in [0.25, 0.3) is 0 Å². The summed E-state index contributed by atoms with van der Waals surface area (Å²) in [4.78, 5) is 28.3. The second-order valence-electron chi connectivity index (χ2n) is 6.04. The second-order valence-corrected chi connectivity index (χ2v) is 7.30. The molecule has 1 saturated heterocycles. The lowest BCUT2D eigenvalue weighted by atomic mass is 10.2. The minimum Gasteiger partial charge on any atom is -0.484 e. The van der Waals surface area contributed by atoms with E-state index in [9.17, 15) is 9.59 Å². The van der Waals surface area contributed by atoms with Crippen LogP contribution in [0.5, 0.6) is 5.75 Å². The number of hydrogen-bond donors (Lipinski definition) is 0. The van der Waals surface area contributed by atoms with Crippen LogP contribution in [0.1, 0.15) is 10.4 Å². The van der Waals surface area contributed by atoms with Crippen molar-refractivity contribution in [1.82, 2.24) is 9.80 Å². The Morgan fingerprint density at radius 3 is 2.11 bits per heavy atom. The van der Waals surface area contributed by atoms with Crippen LogP contribution in [-0.4, -0.2) is 54.4 Å². The molecular weight excluding hydrogens is 411 g/mol. The van der Waals surface area contributed by atoms with Gasteiger partial charge in [0.05, 0.1) is 10.0 Å². The molecule has 2 amide bonds. The van der Waals surface area contributed by atoms with E-state index in [4.69, 9.17) is 39.5 Å². The maximum atomic E-state index is 12.6. The molecule has 142 valence electrons. The van der Waals surface area contributed by atoms with Crippen molar-refractivity contribution >= 4 is 46.6 Å². The normalized spacial score (nSPS) is 14.2. The summed E-state index contributed by atoms with van der Waals surface area (Å²) in [6.07, 6.45) is 0. The van der Waals surface area contributed by atoms with Gasteiger partial charge >= 0.3 is 0 Å². The molecule has 0 atom stereocenters. The highest BCUT2D eigenvalue weighted by molar-refractivity contribution is 6.42. The minimum absolute atomic E-state index is 0.0532. The monoisotopic (exact) mass is 426 g/mol. The fraction of sp³-hybridized carbons (Fsp3) is 0.263. The molecule has 2 aromatic rings. The van der Waals surface area contributed by atoms with Gasteiger partial charge in [-0.25, -0.2) is 0 Å². The van der Waals surface area contributed by atoms with Gasteiger partial charge < -0.3 is 14.5 Å². The van der Waals surface area contributed by atoms with Crippen molar-refractivity contribution in [2.75, 3.05) is 32.8 Å². The van der Waals surface area contributed by atoms with E-state index in [0.717, 1.165) is 0 Å². The predicted octanol–water partition coefficient (Wildman–Crippen LogP) is 4.01. The third kappa shape index (κ3) is 5.06. The Hall–Kier alpha value is -1.95. The van der Waals surface area contributed by atoms with Crippen LogP contribution in [0.3, 0.4) is 0 Å². The van der Waals surface area contributed by atoms with Gasteiger partial charge in [0.1, 0.15) is 5.75 Å². The molecule has 2 aromatic carbocycles. The Balaban J connectivity index is 1.50. The molecule has 1 heterocycles. The van der Waals surface area contributed by atoms with E-state index in [0.29, 0.717) is 52.6 Å². The Morgan fingerprint density at radius 1 is 0.852 bits per heavy atom. The molecule has 0 bridgehead atoms. The molecular formula is C19H17Cl3N2O3. The standard InChI is InChI=1S/C19H17Cl3N2O3/c20-14-2-4-15(5-3-14)27-12-18(25)23-7-9-24(10-8-23)19(26)13-1-6-16(21)17(22)11-13/h1-6,11H,7-10,12H2. The zero-order valence-corrected chi connectivity index (χ0v) is 16.6. The van der Waals surface area contributed by atoms with Crippen LogP contribution in [-0.2, 0) is 4.79 Å². The summed E-state index contributed by atoms with van der Waals surface area (Å²) in [7, 11) is 0. The zero-order valence-electron chi connectivity index (χ0n) is 14.3. The number of carbonyl (C=O) groups is 2. The van der Waals surface area contributed by atoms with Crippen LogP contribution >= 0.6 is 34.8 Å². The third-order valence-corrected chi connectivity index (χ3v) is 5.25. The molecule has 0 spiro atoms. The number of hydrogen-bond acceptors (Lipinski definition) is 3. The Morgan fingerprint density at radius 2 is 1.48 bits per heavy atom. The number of benzene rings is 2. The van der Waals surface area contributed by atoms with E-state index < -0.39 is 0 Å². The number of halogens is 3. The number of nitrogens with zero attached hydrogens (tertiary/aromatic N) is 2. The summed E-state index contributed by atoms with van der Waals surface area (Å²) >= 11 is 17.7. The van der Waals surface area contributed by atoms with Gasteiger partial charge in [-0.15, -0.1) is 0 Å². The van der Waals surface area contributed by atoms with E-state index in [1.807, 2.05) is 0 Å². The van der Waals surface area contributed by atoms with E-state index in [1.54, 1.807) is 52.3 Å². The first kappa shape index (κ1) is 19.8. The van der Waals surface area contributed by atoms with Crippen molar-refractivity contribution in [2.45, 2.75) is 0 Å². The lowest BCUT2D eigenvalue weighted by Gasteiger charge is -2.34. The summed E-state index contributed by atoms with van der Waals surface area (Å²) in [5.41, 5.74) is 0.482. The van der Waals surface area contributed by atoms with Crippen LogP contribution in [0.4, 0.5) is 0 Å². The van der Waals surface area contributed by atoms with Gasteiger partial charge in [-0.2, -0.15) is 0 Å². The first-order valence-electron chi connectivity index (χ1n) is 8.34. The van der Waals surface area contributed by atoms with Crippen LogP contribution in [0.15, 0.2) is 42.5 Å². The van der Waals surface area contributed by atoms with E-state index in [-0.39, 0.29) is 18.4 Å². The van der Waals surface area contributed by atoms with Gasteiger partial charge in [-0.05, 0) is 42.5 Å². The van der Waals surface area contributed by atoms with Gasteiger partial charge in [-0.3, -0.25) is 9.59 Å². The zero-order chi connectivity index (χ0) is 19.4. The predicted molar refractivity (Wildman–Crippen MR) is 106 cm³/mol. The highest BCUT2D eigenvalue weighted by Crippen LogP contribution is 2.23. The van der Waals surface area contributed by atoms with Crippen molar-refractivity contribution < 1.29 is 14.3 Å². The summed E-state index contributed by atoms with van der Waals surface area (Å²) < 4.78 is 5.49. The molecule has 0 radical (unpaired) electrons. The van der Waals surface area contributed by atoms with Crippen molar-refractivity contribution in [3.63, 3.8) is 0 Å². The lowest BCUT2D eigenvalue weighted by molar-refractivity contribution is -0.134. The van der Waals surface area contributed by atoms with Crippen molar-refractivity contribution in [3.8, 4) is 5.75 Å². The highest BCUT2D eigenvalue weighted by atomic mass is 35.5. The Labute approximate surface area is 172 Å². The molecule has 0 unspecified atom stereocenters. The van der Waals surface area contributed by atoms with Gasteiger partial charge in [0, 0.05) is 36.8 Å². The summed E-state index contributed by atoms with van der Waals surface area (Å²) in [5, 5.41) is 1.36. The fourth-order valence-corrected chi connectivity index (χ4v) is 3.16. The van der Waals surface area contributed by atoms with Gasteiger partial charge in [0.15, 0.2) is 6.61 Å². The molecule has 8 heteroatoms. The summed E-state index contributed by atoms with van der Waals surface area (Å²) in [6, 6.07) is 11.6. The van der Waals surface area contributed by atoms with E-state index >= 15 is 0 Å². The number of amides is 2. The minimum atomic E-state index is -0.127. The number of carbonyl (C=O) groups excluding carboxylic acids is 2. The molecule has 1 aliphatic rings. The molecule has 0 aromatic heterocycles. The molecule has 0 saturated carbocycles. The maximum Gasteiger partial charge on any atom is 0.260 e. The van der Waals surface area contributed by atoms with Crippen LogP contribution in [0.2, 0.25) is 15.1 Å². The SMILES string of the molecule is O=C(COc1ccc(Cl)cc1)N1CCN(C(=O)c2ccc(Cl)c(Cl)c2)CC1. The largest absolute Gasteiger partial charge is 0.484 e. The first-order valence-corrected chi connectivity index (χ1v) is 9.48. The molecule has 5 nitrogen and oxygen atoms in total. The molecule has 0 N–H and O–H groups in total. The van der Waals surface area contributed by atoms with Crippen LogP contribution < -0.4 is 4.74 Å². The van der Waals surface area contributed by atoms with Crippen LogP contribution in [0, 0.1) is 0 Å². The van der Waals surface area contributed by atoms with Crippen molar-refractivity contribution in [1.29, 1.82) is 0 Å². The lowest BCUT2D eigenvalue weighted by Crippen LogP contribution is -2.51. The number of ether oxygens (including phenoxy) is 1. The maximum absolute atomic E-state index is 12.6. The second kappa shape index (κ2) is 8.83. The van der Waals surface area contributed by atoms with E-state index in [1.165, 1.54) is 0 Å². The molecule has 27 heavy (non-hydrogen) atoms. The Kier molecular flexibility index (Phi) is 6.47. The van der Waals surface area contributed by atoms with Gasteiger partial charge in [0.2, 0.25) is 0 Å². The van der Waals surface area contributed by atoms with Gasteiger partial charge in [0.25, 0.3) is 11.8 Å². The third-order valence-electron chi connectivity index (χ3n) is 4.26. The Bertz CT molecular complexity index is 835. The average molecular weight is 428 g/mol. The molecule has 1 aliphatic heterocycles. The number of piperazine rings is 1. The first-order chi connectivity index (χ1) is 12.9. The molecule has 1 fully saturated rings. The number of rotatable bonds is 4. The van der Waals surface area contributed by atoms with Crippen molar-refractivity contribution in [3.05, 3.63) is 63.1 Å². The fourth-order valence-electron chi connectivity index (χ4n) is 2.74. The highest BCUT2D eigenvalue weighted by Gasteiger charge is 2.25. The van der Waals surface area contributed by atoms with E-state index in [2.05, 4.69) is 0 Å². The van der Waals surface area contributed by atoms with Crippen molar-refractivity contribution in [2.24, 2.45) is 0 Å². The quantitative estimate of drug-likeness (QED) is 0.741. The molecule has 3 rings (SSSR count). The summed E-state index contributed by atoms with van der Waals surface area (Å²) in [5.74, 6) is 0.339. The van der Waals surface area contributed by atoms with Gasteiger partial charge in [-0.1, -0.05) is 34.8 Å². The summed E-state index contributed by atoms with van der Waals surface area (Å²) in [6.45, 7) is 1.76. The topological polar surface area (TPSA) is 49.9 Å². The smallest absolute Gasteiger partial charge is 0.260 e.